The van der Waals surface area contributed by atoms with Gasteiger partial charge in [0.25, 0.3) is 11.8 Å². The molecule has 0 unspecified atom stereocenters. The van der Waals surface area contributed by atoms with Crippen LogP contribution in [0.1, 0.15) is 49.5 Å². The van der Waals surface area contributed by atoms with E-state index in [0.717, 1.165) is 29.2 Å². The molecule has 2 aromatic carbocycles. The van der Waals surface area contributed by atoms with Crippen molar-refractivity contribution < 1.29 is 14.3 Å². The summed E-state index contributed by atoms with van der Waals surface area (Å²) < 4.78 is 5.13. The van der Waals surface area contributed by atoms with E-state index in [2.05, 4.69) is 20.8 Å². The summed E-state index contributed by atoms with van der Waals surface area (Å²) in [6.07, 6.45) is 2.23. The van der Waals surface area contributed by atoms with Crippen LogP contribution in [-0.2, 0) is 6.54 Å². The van der Waals surface area contributed by atoms with Gasteiger partial charge in [0.05, 0.1) is 7.11 Å². The third-order valence-corrected chi connectivity index (χ3v) is 5.64. The van der Waals surface area contributed by atoms with Crippen LogP contribution in [0, 0.1) is 0 Å². The number of hydrogen-bond acceptors (Lipinski definition) is 6. The van der Waals surface area contributed by atoms with Crippen LogP contribution in [0.4, 0.5) is 5.69 Å². The SMILES string of the molecule is COc1ccc(CNC(=O)c2cccc(NC(=O)c3nnc(C4CC4)s3)c2)cc1. The van der Waals surface area contributed by atoms with Crippen molar-refractivity contribution in [2.45, 2.75) is 25.3 Å². The van der Waals surface area contributed by atoms with Crippen LogP contribution in [0.25, 0.3) is 0 Å². The van der Waals surface area contributed by atoms with Gasteiger partial charge >= 0.3 is 0 Å². The summed E-state index contributed by atoms with van der Waals surface area (Å²) in [5.41, 5.74) is 1.97. The zero-order chi connectivity index (χ0) is 20.2. The lowest BCUT2D eigenvalue weighted by Gasteiger charge is -2.08. The highest BCUT2D eigenvalue weighted by atomic mass is 32.1. The van der Waals surface area contributed by atoms with Gasteiger partial charge in [-0.3, -0.25) is 9.59 Å². The summed E-state index contributed by atoms with van der Waals surface area (Å²) in [5, 5.41) is 15.0. The Balaban J connectivity index is 1.36. The standard InChI is InChI=1S/C21H20N4O3S/c1-28-17-9-5-13(6-10-17)12-22-18(26)15-3-2-4-16(11-15)23-19(27)21-25-24-20(29-21)14-7-8-14/h2-6,9-11,14H,7-8,12H2,1H3,(H,22,26)(H,23,27). The number of carbonyl (C=O) groups excluding carboxylic acids is 2. The second kappa shape index (κ2) is 8.40. The number of anilines is 1. The fourth-order valence-corrected chi connectivity index (χ4v) is 3.68. The van der Waals surface area contributed by atoms with E-state index in [1.54, 1.807) is 31.4 Å². The normalized spacial score (nSPS) is 13.0. The van der Waals surface area contributed by atoms with Gasteiger partial charge in [0, 0.05) is 23.7 Å². The van der Waals surface area contributed by atoms with Crippen molar-refractivity contribution in [1.82, 2.24) is 15.5 Å². The van der Waals surface area contributed by atoms with E-state index in [4.69, 9.17) is 4.74 Å². The Kier molecular flexibility index (Phi) is 5.53. The Morgan fingerprint density at radius 2 is 1.90 bits per heavy atom. The lowest BCUT2D eigenvalue weighted by Crippen LogP contribution is -2.23. The number of hydrogen-bond donors (Lipinski definition) is 2. The summed E-state index contributed by atoms with van der Waals surface area (Å²) in [6, 6.07) is 14.3. The van der Waals surface area contributed by atoms with Crippen molar-refractivity contribution in [3.05, 3.63) is 69.7 Å². The van der Waals surface area contributed by atoms with Crippen LogP contribution in [0.2, 0.25) is 0 Å². The molecule has 0 spiro atoms. The molecule has 1 aromatic heterocycles. The molecule has 1 heterocycles. The molecule has 0 radical (unpaired) electrons. The second-order valence-corrected chi connectivity index (χ2v) is 7.79. The summed E-state index contributed by atoms with van der Waals surface area (Å²) in [5.74, 6) is 0.698. The van der Waals surface area contributed by atoms with Gasteiger partial charge in [-0.25, -0.2) is 0 Å². The lowest BCUT2D eigenvalue weighted by molar-refractivity contribution is 0.0949. The van der Waals surface area contributed by atoms with Crippen molar-refractivity contribution in [2.75, 3.05) is 12.4 Å². The molecule has 0 atom stereocenters. The van der Waals surface area contributed by atoms with Crippen LogP contribution in [0.3, 0.4) is 0 Å². The average molecular weight is 408 g/mol. The van der Waals surface area contributed by atoms with Crippen molar-refractivity contribution in [1.29, 1.82) is 0 Å². The zero-order valence-electron chi connectivity index (χ0n) is 15.8. The van der Waals surface area contributed by atoms with Gasteiger partial charge in [-0.1, -0.05) is 29.5 Å². The Morgan fingerprint density at radius 3 is 2.62 bits per heavy atom. The van der Waals surface area contributed by atoms with E-state index >= 15 is 0 Å². The van der Waals surface area contributed by atoms with Gasteiger partial charge in [-0.15, -0.1) is 10.2 Å². The predicted octanol–water partition coefficient (Wildman–Crippen LogP) is 3.61. The van der Waals surface area contributed by atoms with E-state index in [-0.39, 0.29) is 11.8 Å². The molecular weight excluding hydrogens is 388 g/mol. The Hall–Kier alpha value is -3.26. The number of methoxy groups -OCH3 is 1. The maximum Gasteiger partial charge on any atom is 0.286 e. The minimum absolute atomic E-state index is 0.219. The summed E-state index contributed by atoms with van der Waals surface area (Å²) in [6.45, 7) is 0.397. The smallest absolute Gasteiger partial charge is 0.286 e. The fourth-order valence-electron chi connectivity index (χ4n) is 2.77. The van der Waals surface area contributed by atoms with Crippen LogP contribution < -0.4 is 15.4 Å². The highest BCUT2D eigenvalue weighted by Crippen LogP contribution is 2.41. The summed E-state index contributed by atoms with van der Waals surface area (Å²) in [7, 11) is 1.61. The zero-order valence-corrected chi connectivity index (χ0v) is 16.7. The van der Waals surface area contributed by atoms with Gasteiger partial charge in [-0.2, -0.15) is 0 Å². The number of ether oxygens (including phenoxy) is 1. The molecule has 7 nitrogen and oxygen atoms in total. The molecule has 148 valence electrons. The molecule has 1 saturated carbocycles. The molecule has 1 aliphatic rings. The highest BCUT2D eigenvalue weighted by molar-refractivity contribution is 7.13. The summed E-state index contributed by atoms with van der Waals surface area (Å²) >= 11 is 1.33. The number of benzene rings is 2. The van der Waals surface area contributed by atoms with Gasteiger partial charge in [-0.05, 0) is 48.7 Å². The molecule has 1 aliphatic carbocycles. The maximum atomic E-state index is 12.5. The van der Waals surface area contributed by atoms with E-state index in [1.807, 2.05) is 24.3 Å². The summed E-state index contributed by atoms with van der Waals surface area (Å²) in [4.78, 5) is 24.9. The largest absolute Gasteiger partial charge is 0.497 e. The van der Waals surface area contributed by atoms with E-state index < -0.39 is 0 Å². The van der Waals surface area contributed by atoms with E-state index in [9.17, 15) is 9.59 Å². The third kappa shape index (κ3) is 4.78. The Labute approximate surface area is 172 Å². The van der Waals surface area contributed by atoms with Gasteiger partial charge in [0.15, 0.2) is 0 Å². The topological polar surface area (TPSA) is 93.2 Å². The molecule has 29 heavy (non-hydrogen) atoms. The number of amides is 2. The first kappa shape index (κ1) is 19.1. The molecular formula is C21H20N4O3S. The quantitative estimate of drug-likeness (QED) is 0.623. The van der Waals surface area contributed by atoms with E-state index in [1.165, 1.54) is 11.3 Å². The Morgan fingerprint density at radius 1 is 1.10 bits per heavy atom. The fraction of sp³-hybridized carbons (Fsp3) is 0.238. The minimum atomic E-state index is -0.315. The molecule has 2 N–H and O–H groups in total. The van der Waals surface area contributed by atoms with Crippen LogP contribution in [-0.4, -0.2) is 29.1 Å². The molecule has 0 aliphatic heterocycles. The number of carbonyl (C=O) groups is 2. The number of rotatable bonds is 7. The predicted molar refractivity (Wildman–Crippen MR) is 110 cm³/mol. The first-order chi connectivity index (χ1) is 14.1. The average Bonchev–Trinajstić information content (AvgIpc) is 3.48. The van der Waals surface area contributed by atoms with Crippen LogP contribution in [0.5, 0.6) is 5.75 Å². The van der Waals surface area contributed by atoms with Gasteiger partial charge in [0.2, 0.25) is 5.01 Å². The van der Waals surface area contributed by atoms with Crippen molar-refractivity contribution >= 4 is 28.8 Å². The molecule has 8 heteroatoms. The number of aromatic nitrogens is 2. The lowest BCUT2D eigenvalue weighted by atomic mass is 10.1. The molecule has 0 bridgehead atoms. The first-order valence-corrected chi connectivity index (χ1v) is 10.1. The number of nitrogens with zero attached hydrogens (tertiary/aromatic N) is 2. The Bertz CT molecular complexity index is 1030. The second-order valence-electron chi connectivity index (χ2n) is 6.79. The third-order valence-electron chi connectivity index (χ3n) is 4.56. The number of nitrogens with one attached hydrogen (secondary N) is 2. The van der Waals surface area contributed by atoms with Crippen LogP contribution in [0.15, 0.2) is 48.5 Å². The first-order valence-electron chi connectivity index (χ1n) is 9.28. The molecule has 4 rings (SSSR count). The van der Waals surface area contributed by atoms with Gasteiger partial charge in [0.1, 0.15) is 10.8 Å². The molecule has 3 aromatic rings. The maximum absolute atomic E-state index is 12.5. The molecule has 1 fully saturated rings. The van der Waals surface area contributed by atoms with Crippen molar-refractivity contribution in [2.24, 2.45) is 0 Å². The highest BCUT2D eigenvalue weighted by Gasteiger charge is 2.28. The van der Waals surface area contributed by atoms with Crippen molar-refractivity contribution in [3.8, 4) is 5.75 Å². The monoisotopic (exact) mass is 408 g/mol. The van der Waals surface area contributed by atoms with E-state index in [0.29, 0.717) is 28.7 Å². The molecule has 0 saturated heterocycles. The van der Waals surface area contributed by atoms with Crippen molar-refractivity contribution in [3.63, 3.8) is 0 Å². The van der Waals surface area contributed by atoms with Gasteiger partial charge < -0.3 is 15.4 Å². The molecule has 2 amide bonds. The van der Waals surface area contributed by atoms with Crippen LogP contribution >= 0.6 is 11.3 Å². The minimum Gasteiger partial charge on any atom is -0.497 e.